The molecule has 0 aliphatic carbocycles. The van der Waals surface area contributed by atoms with Gasteiger partial charge in [-0.1, -0.05) is 30.3 Å². The predicted molar refractivity (Wildman–Crippen MR) is 131 cm³/mol. The highest BCUT2D eigenvalue weighted by molar-refractivity contribution is 5.61. The number of nitrogens with zero attached hydrogens (tertiary/aromatic N) is 4. The molecule has 8 heteroatoms. The van der Waals surface area contributed by atoms with E-state index < -0.39 is 0 Å². The largest absolute Gasteiger partial charge is 0.487 e. The molecule has 4 aromatic rings. The van der Waals surface area contributed by atoms with Crippen molar-refractivity contribution in [2.24, 2.45) is 0 Å². The number of aromatic nitrogens is 4. The third-order valence-electron chi connectivity index (χ3n) is 5.81. The molecule has 5 rings (SSSR count). The average Bonchev–Trinajstić information content (AvgIpc) is 2.87. The molecule has 0 spiro atoms. The molecule has 2 aromatic heterocycles. The van der Waals surface area contributed by atoms with Crippen LogP contribution in [0.4, 0.5) is 5.69 Å². The molecular weight excluding hydrogens is 428 g/mol. The number of anilines is 1. The van der Waals surface area contributed by atoms with E-state index in [4.69, 9.17) is 10.5 Å². The lowest BCUT2D eigenvalue weighted by Gasteiger charge is -2.23. The first kappa shape index (κ1) is 21.8. The summed E-state index contributed by atoms with van der Waals surface area (Å²) in [6, 6.07) is 18.5. The zero-order valence-corrected chi connectivity index (χ0v) is 18.7. The number of ether oxygens (including phenoxy) is 1. The highest BCUT2D eigenvalue weighted by Gasteiger charge is 2.15. The van der Waals surface area contributed by atoms with Crippen molar-refractivity contribution in [1.82, 2.24) is 25.1 Å². The molecule has 8 nitrogen and oxygen atoms in total. The van der Waals surface area contributed by atoms with Crippen LogP contribution in [0.1, 0.15) is 18.4 Å². The first-order valence-corrected chi connectivity index (χ1v) is 11.4. The van der Waals surface area contributed by atoms with E-state index in [0.717, 1.165) is 42.6 Å². The van der Waals surface area contributed by atoms with E-state index in [0.29, 0.717) is 29.5 Å². The van der Waals surface area contributed by atoms with E-state index in [1.165, 1.54) is 10.7 Å². The predicted octanol–water partition coefficient (Wildman–Crippen LogP) is 3.13. The summed E-state index contributed by atoms with van der Waals surface area (Å²) >= 11 is 0. The Morgan fingerprint density at radius 3 is 2.50 bits per heavy atom. The molecule has 1 aliphatic rings. The molecule has 2 aromatic carbocycles. The van der Waals surface area contributed by atoms with Gasteiger partial charge in [0, 0.05) is 22.9 Å². The van der Waals surface area contributed by atoms with Crippen molar-refractivity contribution >= 4 is 5.69 Å². The topological polar surface area (TPSA) is 108 Å². The Kier molecular flexibility index (Phi) is 6.31. The van der Waals surface area contributed by atoms with Gasteiger partial charge in [-0.05, 0) is 55.8 Å². The van der Waals surface area contributed by atoms with Crippen LogP contribution in [0.5, 0.6) is 5.75 Å². The highest BCUT2D eigenvalue weighted by Crippen LogP contribution is 2.21. The van der Waals surface area contributed by atoms with Crippen molar-refractivity contribution in [2.45, 2.75) is 25.5 Å². The number of hydrogen-bond donors (Lipinski definition) is 2. The molecule has 0 amide bonds. The van der Waals surface area contributed by atoms with Gasteiger partial charge in [-0.3, -0.25) is 4.79 Å². The number of nitrogen functional groups attached to an aromatic ring is 1. The first-order chi connectivity index (χ1) is 16.6. The normalized spacial score (nSPS) is 14.1. The Hall–Kier alpha value is -4.04. The molecule has 0 bridgehead atoms. The van der Waals surface area contributed by atoms with Gasteiger partial charge in [-0.25, -0.2) is 14.6 Å². The van der Waals surface area contributed by atoms with Crippen LogP contribution in [0.2, 0.25) is 0 Å². The van der Waals surface area contributed by atoms with Gasteiger partial charge in [0.25, 0.3) is 5.56 Å². The standard InChI is InChI=1S/C26H26N6O2/c27-21-6-4-19(5-7-21)24-8-9-25(33)32(31-24)17-18-2-1-3-20(14-18)26-29-15-23(16-30-26)34-22-10-12-28-13-11-22/h1-9,14-16,22,28H,10-13,17,27H2. The summed E-state index contributed by atoms with van der Waals surface area (Å²) in [6.07, 6.45) is 5.61. The van der Waals surface area contributed by atoms with Crippen LogP contribution in [-0.4, -0.2) is 38.9 Å². The van der Waals surface area contributed by atoms with E-state index in [9.17, 15) is 4.79 Å². The second-order valence-corrected chi connectivity index (χ2v) is 8.35. The van der Waals surface area contributed by atoms with Gasteiger partial charge in [0.1, 0.15) is 6.10 Å². The molecule has 1 saturated heterocycles. The first-order valence-electron chi connectivity index (χ1n) is 11.4. The summed E-state index contributed by atoms with van der Waals surface area (Å²) in [5.74, 6) is 1.29. The summed E-state index contributed by atoms with van der Waals surface area (Å²) in [7, 11) is 0. The van der Waals surface area contributed by atoms with Crippen LogP contribution < -0.4 is 21.3 Å². The maximum atomic E-state index is 12.5. The third-order valence-corrected chi connectivity index (χ3v) is 5.81. The maximum absolute atomic E-state index is 12.5. The monoisotopic (exact) mass is 454 g/mol. The molecule has 172 valence electrons. The molecule has 3 heterocycles. The Balaban J connectivity index is 1.33. The third kappa shape index (κ3) is 5.13. The molecule has 0 unspecified atom stereocenters. The second-order valence-electron chi connectivity index (χ2n) is 8.35. The SMILES string of the molecule is Nc1ccc(-c2ccc(=O)n(Cc3cccc(-c4ncc(OC5CCNCC5)cn4)c3)n2)cc1. The van der Waals surface area contributed by atoms with Gasteiger partial charge in [0.2, 0.25) is 0 Å². The van der Waals surface area contributed by atoms with E-state index in [1.807, 2.05) is 48.5 Å². The number of benzene rings is 2. The lowest BCUT2D eigenvalue weighted by molar-refractivity contribution is 0.161. The Morgan fingerprint density at radius 1 is 0.971 bits per heavy atom. The quantitative estimate of drug-likeness (QED) is 0.431. The van der Waals surface area contributed by atoms with Gasteiger partial charge < -0.3 is 15.8 Å². The minimum Gasteiger partial charge on any atom is -0.487 e. The zero-order chi connectivity index (χ0) is 23.3. The molecule has 1 fully saturated rings. The van der Waals surface area contributed by atoms with Crippen molar-refractivity contribution < 1.29 is 4.74 Å². The maximum Gasteiger partial charge on any atom is 0.267 e. The Bertz CT molecular complexity index is 1310. The number of hydrogen-bond acceptors (Lipinski definition) is 7. The molecule has 3 N–H and O–H groups in total. The number of piperidine rings is 1. The minimum absolute atomic E-state index is 0.166. The van der Waals surface area contributed by atoms with Crippen LogP contribution in [0.3, 0.4) is 0 Å². The lowest BCUT2D eigenvalue weighted by Crippen LogP contribution is -2.34. The van der Waals surface area contributed by atoms with Crippen LogP contribution in [0.25, 0.3) is 22.6 Å². The molecule has 34 heavy (non-hydrogen) atoms. The van der Waals surface area contributed by atoms with Crippen molar-refractivity contribution in [2.75, 3.05) is 18.8 Å². The molecule has 1 aliphatic heterocycles. The number of rotatable bonds is 6. The fourth-order valence-corrected chi connectivity index (χ4v) is 3.98. The van der Waals surface area contributed by atoms with E-state index in [2.05, 4.69) is 20.4 Å². The summed E-state index contributed by atoms with van der Waals surface area (Å²) in [5.41, 5.74) is 9.71. The van der Waals surface area contributed by atoms with Gasteiger partial charge in [-0.2, -0.15) is 5.10 Å². The average molecular weight is 455 g/mol. The zero-order valence-electron chi connectivity index (χ0n) is 18.7. The minimum atomic E-state index is -0.166. The van der Waals surface area contributed by atoms with Crippen molar-refractivity contribution in [3.8, 4) is 28.4 Å². The van der Waals surface area contributed by atoms with E-state index >= 15 is 0 Å². The Labute approximate surface area is 197 Å². The fraction of sp³-hybridized carbons (Fsp3) is 0.231. The van der Waals surface area contributed by atoms with Crippen LogP contribution >= 0.6 is 0 Å². The lowest BCUT2D eigenvalue weighted by atomic mass is 10.1. The second kappa shape index (κ2) is 9.84. The van der Waals surface area contributed by atoms with E-state index in [1.54, 1.807) is 18.5 Å². The highest BCUT2D eigenvalue weighted by atomic mass is 16.5. The molecule has 0 radical (unpaired) electrons. The van der Waals surface area contributed by atoms with Gasteiger partial charge in [0.05, 0.1) is 24.6 Å². The van der Waals surface area contributed by atoms with Crippen molar-refractivity contribution in [3.63, 3.8) is 0 Å². The fourth-order valence-electron chi connectivity index (χ4n) is 3.98. The van der Waals surface area contributed by atoms with E-state index in [-0.39, 0.29) is 11.7 Å². The van der Waals surface area contributed by atoms with Gasteiger partial charge >= 0.3 is 0 Å². The van der Waals surface area contributed by atoms with Crippen molar-refractivity contribution in [3.05, 3.63) is 89.0 Å². The smallest absolute Gasteiger partial charge is 0.267 e. The van der Waals surface area contributed by atoms with Crippen LogP contribution in [0, 0.1) is 0 Å². The van der Waals surface area contributed by atoms with Crippen LogP contribution in [-0.2, 0) is 6.54 Å². The molecule has 0 saturated carbocycles. The summed E-state index contributed by atoms with van der Waals surface area (Å²) < 4.78 is 7.46. The molecular formula is C26H26N6O2. The van der Waals surface area contributed by atoms with Crippen LogP contribution in [0.15, 0.2) is 77.9 Å². The van der Waals surface area contributed by atoms with Gasteiger partial charge in [-0.15, -0.1) is 0 Å². The number of nitrogens with two attached hydrogens (primary N) is 1. The summed E-state index contributed by atoms with van der Waals surface area (Å²) in [5, 5.41) is 7.88. The Morgan fingerprint density at radius 2 is 1.74 bits per heavy atom. The van der Waals surface area contributed by atoms with Crippen molar-refractivity contribution in [1.29, 1.82) is 0 Å². The summed E-state index contributed by atoms with van der Waals surface area (Å²) in [6.45, 7) is 2.28. The molecule has 0 atom stereocenters. The summed E-state index contributed by atoms with van der Waals surface area (Å²) in [4.78, 5) is 21.4. The van der Waals surface area contributed by atoms with Gasteiger partial charge in [0.15, 0.2) is 11.6 Å². The number of nitrogens with one attached hydrogen (secondary N) is 1.